The van der Waals surface area contributed by atoms with Gasteiger partial charge >= 0.3 is 0 Å². The summed E-state index contributed by atoms with van der Waals surface area (Å²) in [4.78, 5) is 19.3. The van der Waals surface area contributed by atoms with Gasteiger partial charge in [0.2, 0.25) is 0 Å². The molecule has 0 radical (unpaired) electrons. The van der Waals surface area contributed by atoms with E-state index >= 15 is 0 Å². The number of aliphatic imine (C=N–C) groups is 2. The molecule has 1 aromatic heterocycles. The fraction of sp³-hybridized carbons (Fsp3) is 0.238. The lowest BCUT2D eigenvalue weighted by atomic mass is 10.1. The third kappa shape index (κ3) is 5.77. The van der Waals surface area contributed by atoms with Crippen LogP contribution >= 0.6 is 0 Å². The lowest BCUT2D eigenvalue weighted by molar-refractivity contribution is 0.614. The second kappa shape index (κ2) is 10.0. The monoisotopic (exact) mass is 375 g/mol. The Morgan fingerprint density at radius 1 is 1.18 bits per heavy atom. The molecular formula is C21H25N7. The van der Waals surface area contributed by atoms with Crippen molar-refractivity contribution < 1.29 is 0 Å². The van der Waals surface area contributed by atoms with Crippen LogP contribution in [0.1, 0.15) is 25.0 Å². The molecule has 2 aliphatic heterocycles. The largest absolute Gasteiger partial charge is 0.381 e. The van der Waals surface area contributed by atoms with Crippen molar-refractivity contribution in [1.29, 1.82) is 0 Å². The molecule has 0 amide bonds. The molecule has 0 saturated heterocycles. The van der Waals surface area contributed by atoms with Crippen LogP contribution in [0.5, 0.6) is 0 Å². The number of nitrogens with zero attached hydrogens (tertiary/aromatic N) is 5. The number of rotatable bonds is 4. The van der Waals surface area contributed by atoms with Gasteiger partial charge in [-0.25, -0.2) is 9.97 Å². The average molecular weight is 375 g/mol. The van der Waals surface area contributed by atoms with Crippen LogP contribution in [0.2, 0.25) is 0 Å². The quantitative estimate of drug-likeness (QED) is 0.840. The van der Waals surface area contributed by atoms with E-state index in [9.17, 15) is 0 Å². The van der Waals surface area contributed by atoms with Crippen LogP contribution in [0.15, 0.2) is 70.9 Å². The second-order valence-corrected chi connectivity index (χ2v) is 6.41. The summed E-state index contributed by atoms with van der Waals surface area (Å²) in [6.45, 7) is 0.619. The van der Waals surface area contributed by atoms with Gasteiger partial charge in [0.25, 0.3) is 0 Å². The molecule has 3 heterocycles. The van der Waals surface area contributed by atoms with Crippen molar-refractivity contribution in [3.8, 4) is 0 Å². The average Bonchev–Trinajstić information content (AvgIpc) is 2.66. The smallest absolute Gasteiger partial charge is 0.169 e. The normalized spacial score (nSPS) is 22.2. The molecular weight excluding hydrogens is 350 g/mol. The summed E-state index contributed by atoms with van der Waals surface area (Å²) in [5.74, 6) is 0.989. The minimum absolute atomic E-state index is 0.392. The van der Waals surface area contributed by atoms with E-state index in [1.54, 1.807) is 18.6 Å². The Hall–Kier alpha value is -3.48. The van der Waals surface area contributed by atoms with Crippen LogP contribution in [0, 0.1) is 0 Å². The summed E-state index contributed by atoms with van der Waals surface area (Å²) in [5, 5.41) is 3.34. The zero-order valence-electron chi connectivity index (χ0n) is 16.0. The van der Waals surface area contributed by atoms with Crippen LogP contribution in [-0.2, 0) is 0 Å². The first-order valence-electron chi connectivity index (χ1n) is 9.21. The Morgan fingerprint density at radius 3 is 3.04 bits per heavy atom. The molecule has 0 bridgehead atoms. The molecule has 28 heavy (non-hydrogen) atoms. The van der Waals surface area contributed by atoms with Gasteiger partial charge in [-0.15, -0.1) is 0 Å². The fourth-order valence-corrected chi connectivity index (χ4v) is 2.75. The minimum atomic E-state index is 0.392. The van der Waals surface area contributed by atoms with Gasteiger partial charge in [0, 0.05) is 57.2 Å². The maximum atomic E-state index is 6.06. The van der Waals surface area contributed by atoms with E-state index in [1.165, 1.54) is 5.57 Å². The maximum Gasteiger partial charge on any atom is 0.169 e. The third-order valence-corrected chi connectivity index (χ3v) is 4.18. The van der Waals surface area contributed by atoms with Gasteiger partial charge in [0.15, 0.2) is 11.6 Å². The highest BCUT2D eigenvalue weighted by Crippen LogP contribution is 2.22. The van der Waals surface area contributed by atoms with E-state index in [2.05, 4.69) is 38.6 Å². The number of hydrogen-bond donors (Lipinski definition) is 2. The standard InChI is InChI=1S/C21H25N7/c1-28-13-12-24-9-3-2-6-17(16-28)14-26-21-20(22)25-15-19(27-21)18-7-4-10-23-11-5-8-18/h2-4,8-13,15-16H,5-7,14H2,1H3,(H2,22,25)(H,26,27)/b3-2-,10-4?,13-12-,17-16?,18-8+,23-11?,24-9-. The zero-order valence-corrected chi connectivity index (χ0v) is 16.0. The van der Waals surface area contributed by atoms with Gasteiger partial charge < -0.3 is 16.0 Å². The van der Waals surface area contributed by atoms with Crippen LogP contribution in [0.4, 0.5) is 11.6 Å². The predicted octanol–water partition coefficient (Wildman–Crippen LogP) is 3.55. The SMILES string of the molecule is CN1C=C(CNc2nc(/C3=C/CC=NC=CC3)cnc2N)C\C=C/C=N\C=C/1. The van der Waals surface area contributed by atoms with Gasteiger partial charge in [-0.3, -0.25) is 9.98 Å². The molecule has 0 aromatic carbocycles. The van der Waals surface area contributed by atoms with E-state index < -0.39 is 0 Å². The fourth-order valence-electron chi connectivity index (χ4n) is 2.75. The number of aromatic nitrogens is 2. The number of anilines is 2. The van der Waals surface area contributed by atoms with Gasteiger partial charge in [0.05, 0.1) is 11.9 Å². The summed E-state index contributed by atoms with van der Waals surface area (Å²) in [6.07, 6.45) is 23.4. The van der Waals surface area contributed by atoms with E-state index in [-0.39, 0.29) is 0 Å². The molecule has 3 rings (SSSR count). The van der Waals surface area contributed by atoms with Crippen molar-refractivity contribution in [2.75, 3.05) is 24.6 Å². The number of nitrogens with two attached hydrogens (primary N) is 1. The Morgan fingerprint density at radius 2 is 2.11 bits per heavy atom. The molecule has 1 aromatic rings. The third-order valence-electron chi connectivity index (χ3n) is 4.18. The molecule has 0 aliphatic carbocycles. The Kier molecular flexibility index (Phi) is 6.89. The summed E-state index contributed by atoms with van der Waals surface area (Å²) >= 11 is 0. The molecule has 0 atom stereocenters. The lowest BCUT2D eigenvalue weighted by Crippen LogP contribution is -2.13. The van der Waals surface area contributed by atoms with Gasteiger partial charge in [0.1, 0.15) is 0 Å². The molecule has 0 saturated carbocycles. The molecule has 0 unspecified atom stereocenters. The first kappa shape index (κ1) is 19.3. The number of allylic oxidation sites excluding steroid dienone is 5. The molecule has 7 nitrogen and oxygen atoms in total. The number of nitrogen functional groups attached to an aromatic ring is 1. The Labute approximate surface area is 165 Å². The second-order valence-electron chi connectivity index (χ2n) is 6.41. The van der Waals surface area contributed by atoms with Crippen LogP contribution in [-0.4, -0.2) is 40.9 Å². The van der Waals surface area contributed by atoms with Crippen molar-refractivity contribution in [3.05, 3.63) is 66.6 Å². The molecule has 0 spiro atoms. The molecule has 0 fully saturated rings. The van der Waals surface area contributed by atoms with Crippen LogP contribution in [0.25, 0.3) is 5.57 Å². The van der Waals surface area contributed by atoms with Gasteiger partial charge in [-0.05, 0) is 30.1 Å². The zero-order chi connectivity index (χ0) is 19.6. The first-order chi connectivity index (χ1) is 13.7. The van der Waals surface area contributed by atoms with Crippen LogP contribution < -0.4 is 11.1 Å². The van der Waals surface area contributed by atoms with E-state index in [0.717, 1.165) is 30.5 Å². The molecule has 2 aliphatic rings. The summed E-state index contributed by atoms with van der Waals surface area (Å²) in [6, 6.07) is 0. The predicted molar refractivity (Wildman–Crippen MR) is 117 cm³/mol. The van der Waals surface area contributed by atoms with E-state index in [4.69, 9.17) is 10.7 Å². The topological polar surface area (TPSA) is 91.8 Å². The summed E-state index contributed by atoms with van der Waals surface area (Å²) in [7, 11) is 1.98. The minimum Gasteiger partial charge on any atom is -0.381 e. The summed E-state index contributed by atoms with van der Waals surface area (Å²) < 4.78 is 0. The Balaban J connectivity index is 1.74. The number of nitrogens with one attached hydrogen (secondary N) is 1. The van der Waals surface area contributed by atoms with Crippen molar-refractivity contribution in [2.24, 2.45) is 9.98 Å². The first-order valence-corrected chi connectivity index (χ1v) is 9.21. The molecule has 3 N–H and O–H groups in total. The molecule has 144 valence electrons. The lowest BCUT2D eigenvalue weighted by Gasteiger charge is -2.15. The highest BCUT2D eigenvalue weighted by molar-refractivity contribution is 5.72. The van der Waals surface area contributed by atoms with Crippen LogP contribution in [0.3, 0.4) is 0 Å². The van der Waals surface area contributed by atoms with E-state index in [0.29, 0.717) is 18.2 Å². The van der Waals surface area contributed by atoms with E-state index in [1.807, 2.05) is 42.7 Å². The van der Waals surface area contributed by atoms with Gasteiger partial charge in [-0.2, -0.15) is 0 Å². The maximum absolute atomic E-state index is 6.06. The Bertz CT molecular complexity index is 888. The van der Waals surface area contributed by atoms with Crippen molar-refractivity contribution in [1.82, 2.24) is 14.9 Å². The number of hydrogen-bond acceptors (Lipinski definition) is 7. The highest BCUT2D eigenvalue weighted by atomic mass is 15.1. The molecule has 7 heteroatoms. The van der Waals surface area contributed by atoms with Crippen molar-refractivity contribution in [3.63, 3.8) is 0 Å². The highest BCUT2D eigenvalue weighted by Gasteiger charge is 2.09. The summed E-state index contributed by atoms with van der Waals surface area (Å²) in [5.41, 5.74) is 9.19. The van der Waals surface area contributed by atoms with Crippen molar-refractivity contribution >= 4 is 29.6 Å². The van der Waals surface area contributed by atoms with Gasteiger partial charge in [-0.1, -0.05) is 18.2 Å². The van der Waals surface area contributed by atoms with Crippen molar-refractivity contribution in [2.45, 2.75) is 19.3 Å².